The zero-order valence-electron chi connectivity index (χ0n) is 7.48. The maximum absolute atomic E-state index is 5.38. The van der Waals surface area contributed by atoms with E-state index < -0.39 is 0 Å². The lowest BCUT2D eigenvalue weighted by Gasteiger charge is -1.97. The highest BCUT2D eigenvalue weighted by Gasteiger charge is 2.11. The summed E-state index contributed by atoms with van der Waals surface area (Å²) in [6.45, 7) is 1.96. The lowest BCUT2D eigenvalue weighted by atomic mass is 10.2. The first-order valence-corrected chi connectivity index (χ1v) is 3.89. The number of hydrogen-bond donors (Lipinski definition) is 1. The van der Waals surface area contributed by atoms with E-state index >= 15 is 0 Å². The molecule has 0 aromatic carbocycles. The number of oxazole rings is 1. The van der Waals surface area contributed by atoms with Crippen molar-refractivity contribution < 1.29 is 4.42 Å². The molecule has 0 atom stereocenters. The summed E-state index contributed by atoms with van der Waals surface area (Å²) >= 11 is 0. The smallest absolute Gasteiger partial charge is 0.292 e. The second-order valence-electron chi connectivity index (χ2n) is 2.86. The van der Waals surface area contributed by atoms with Crippen LogP contribution in [-0.2, 0) is 7.05 Å². The topological polar surface area (TPSA) is 69.9 Å². The number of nitrogen functional groups attached to an aromatic ring is 1. The maximum atomic E-state index is 5.38. The molecule has 0 saturated carbocycles. The summed E-state index contributed by atoms with van der Waals surface area (Å²) in [6, 6.07) is 0.176. The highest BCUT2D eigenvalue weighted by atomic mass is 16.4. The highest BCUT2D eigenvalue weighted by molar-refractivity contribution is 5.56. The van der Waals surface area contributed by atoms with E-state index in [1.165, 1.54) is 0 Å². The summed E-state index contributed by atoms with van der Waals surface area (Å²) in [4.78, 5) is 3.82. The lowest BCUT2D eigenvalue weighted by Crippen LogP contribution is -1.93. The molecule has 0 amide bonds. The summed E-state index contributed by atoms with van der Waals surface area (Å²) in [5.41, 5.74) is 7.32. The van der Waals surface area contributed by atoms with Gasteiger partial charge in [0, 0.05) is 7.05 Å². The molecule has 0 aliphatic rings. The number of rotatable bonds is 1. The van der Waals surface area contributed by atoms with Crippen molar-refractivity contribution in [3.63, 3.8) is 0 Å². The van der Waals surface area contributed by atoms with Crippen LogP contribution >= 0.6 is 0 Å². The van der Waals surface area contributed by atoms with Gasteiger partial charge in [0.15, 0.2) is 5.76 Å². The third-order valence-electron chi connectivity index (χ3n) is 1.88. The Morgan fingerprint density at radius 3 is 2.69 bits per heavy atom. The Bertz CT molecular complexity index is 410. The molecular formula is C8H10N4O. The predicted octanol–water partition coefficient (Wildman–Crippen LogP) is 0.966. The van der Waals surface area contributed by atoms with Gasteiger partial charge in [0.25, 0.3) is 6.01 Å². The van der Waals surface area contributed by atoms with Crippen LogP contribution in [0.25, 0.3) is 11.5 Å². The fourth-order valence-corrected chi connectivity index (χ4v) is 1.30. The molecule has 68 valence electrons. The Morgan fingerprint density at radius 2 is 2.23 bits per heavy atom. The zero-order valence-corrected chi connectivity index (χ0v) is 7.48. The second-order valence-corrected chi connectivity index (χ2v) is 2.86. The van der Waals surface area contributed by atoms with Crippen molar-refractivity contribution in [2.45, 2.75) is 6.92 Å². The normalized spacial score (nSPS) is 10.6. The molecule has 2 rings (SSSR count). The molecule has 0 saturated heterocycles. The van der Waals surface area contributed by atoms with Gasteiger partial charge in [-0.3, -0.25) is 4.68 Å². The van der Waals surface area contributed by atoms with E-state index in [1.54, 1.807) is 17.1 Å². The van der Waals surface area contributed by atoms with Crippen molar-refractivity contribution in [2.75, 3.05) is 5.73 Å². The molecule has 2 aromatic rings. The number of hydrogen-bond acceptors (Lipinski definition) is 4. The van der Waals surface area contributed by atoms with Crippen molar-refractivity contribution in [3.8, 4) is 11.5 Å². The fraction of sp³-hybridized carbons (Fsp3) is 0.250. The molecular weight excluding hydrogens is 168 g/mol. The maximum Gasteiger partial charge on any atom is 0.292 e. The molecule has 0 unspecified atom stereocenters. The second kappa shape index (κ2) is 2.62. The minimum atomic E-state index is 0.176. The van der Waals surface area contributed by atoms with Crippen molar-refractivity contribution >= 4 is 6.01 Å². The first-order chi connectivity index (χ1) is 6.18. The van der Waals surface area contributed by atoms with Gasteiger partial charge in [0.2, 0.25) is 0 Å². The molecule has 2 N–H and O–H groups in total. The number of aryl methyl sites for hydroxylation is 2. The molecule has 5 nitrogen and oxygen atoms in total. The van der Waals surface area contributed by atoms with Gasteiger partial charge < -0.3 is 10.2 Å². The number of nitrogens with zero attached hydrogens (tertiary/aromatic N) is 3. The van der Waals surface area contributed by atoms with Gasteiger partial charge in [-0.25, -0.2) is 4.98 Å². The standard InChI is InChI=1S/C8H10N4O/c1-5-3-11-12(2)7(5)6-4-10-8(9)13-6/h3-4H,1-2H3,(H2,9,10). The lowest BCUT2D eigenvalue weighted by molar-refractivity contribution is 0.585. The van der Waals surface area contributed by atoms with E-state index in [9.17, 15) is 0 Å². The zero-order chi connectivity index (χ0) is 9.42. The van der Waals surface area contributed by atoms with E-state index in [2.05, 4.69) is 10.1 Å². The SMILES string of the molecule is Cc1cnn(C)c1-c1cnc(N)o1. The van der Waals surface area contributed by atoms with E-state index in [1.807, 2.05) is 14.0 Å². The Hall–Kier alpha value is -1.78. The largest absolute Gasteiger partial charge is 0.422 e. The summed E-state index contributed by atoms with van der Waals surface area (Å²) in [6.07, 6.45) is 3.37. The van der Waals surface area contributed by atoms with Crippen molar-refractivity contribution in [1.82, 2.24) is 14.8 Å². The van der Waals surface area contributed by atoms with Gasteiger partial charge in [0.1, 0.15) is 5.69 Å². The Morgan fingerprint density at radius 1 is 1.46 bits per heavy atom. The quantitative estimate of drug-likeness (QED) is 0.706. The van der Waals surface area contributed by atoms with E-state index in [0.717, 1.165) is 11.3 Å². The molecule has 13 heavy (non-hydrogen) atoms. The number of nitrogens with two attached hydrogens (primary N) is 1. The molecule has 0 fully saturated rings. The van der Waals surface area contributed by atoms with Gasteiger partial charge >= 0.3 is 0 Å². The van der Waals surface area contributed by atoms with Gasteiger partial charge in [-0.2, -0.15) is 5.10 Å². The predicted molar refractivity (Wildman–Crippen MR) is 47.9 cm³/mol. The van der Waals surface area contributed by atoms with Crippen LogP contribution in [0.2, 0.25) is 0 Å². The van der Waals surface area contributed by atoms with Crippen LogP contribution in [0, 0.1) is 6.92 Å². The first-order valence-electron chi connectivity index (χ1n) is 3.89. The Labute approximate surface area is 75.2 Å². The van der Waals surface area contributed by atoms with Crippen LogP contribution in [0.3, 0.4) is 0 Å². The minimum Gasteiger partial charge on any atom is -0.422 e. The third kappa shape index (κ3) is 1.18. The van der Waals surface area contributed by atoms with Gasteiger partial charge in [-0.1, -0.05) is 0 Å². The molecule has 5 heteroatoms. The molecule has 2 heterocycles. The molecule has 0 aliphatic heterocycles. The summed E-state index contributed by atoms with van der Waals surface area (Å²) < 4.78 is 6.93. The molecule has 0 bridgehead atoms. The highest BCUT2D eigenvalue weighted by Crippen LogP contribution is 2.23. The van der Waals surface area contributed by atoms with Crippen LogP contribution < -0.4 is 5.73 Å². The van der Waals surface area contributed by atoms with Crippen LogP contribution in [0.4, 0.5) is 6.01 Å². The molecule has 0 radical (unpaired) electrons. The fourth-order valence-electron chi connectivity index (χ4n) is 1.30. The molecule has 2 aromatic heterocycles. The van der Waals surface area contributed by atoms with Crippen LogP contribution in [-0.4, -0.2) is 14.8 Å². The van der Waals surface area contributed by atoms with Gasteiger partial charge in [0.05, 0.1) is 12.4 Å². The van der Waals surface area contributed by atoms with Crippen LogP contribution in [0.15, 0.2) is 16.8 Å². The first kappa shape index (κ1) is 7.85. The van der Waals surface area contributed by atoms with Gasteiger partial charge in [-0.05, 0) is 12.5 Å². The van der Waals surface area contributed by atoms with E-state index in [4.69, 9.17) is 10.2 Å². The number of anilines is 1. The van der Waals surface area contributed by atoms with Gasteiger partial charge in [-0.15, -0.1) is 0 Å². The third-order valence-corrected chi connectivity index (χ3v) is 1.88. The molecule has 0 aliphatic carbocycles. The molecule has 0 spiro atoms. The minimum absolute atomic E-state index is 0.176. The van der Waals surface area contributed by atoms with E-state index in [0.29, 0.717) is 5.76 Å². The average Bonchev–Trinajstić information content (AvgIpc) is 2.60. The average molecular weight is 178 g/mol. The number of aromatic nitrogens is 3. The Kier molecular flexibility index (Phi) is 1.58. The monoisotopic (exact) mass is 178 g/mol. The van der Waals surface area contributed by atoms with Crippen LogP contribution in [0.5, 0.6) is 0 Å². The van der Waals surface area contributed by atoms with Crippen molar-refractivity contribution in [1.29, 1.82) is 0 Å². The Balaban J connectivity index is 2.57. The summed E-state index contributed by atoms with van der Waals surface area (Å²) in [5.74, 6) is 0.648. The van der Waals surface area contributed by atoms with Crippen molar-refractivity contribution in [2.24, 2.45) is 7.05 Å². The summed E-state index contributed by atoms with van der Waals surface area (Å²) in [5, 5.41) is 4.09. The van der Waals surface area contributed by atoms with Crippen molar-refractivity contribution in [3.05, 3.63) is 18.0 Å². The van der Waals surface area contributed by atoms with Crippen LogP contribution in [0.1, 0.15) is 5.56 Å². The summed E-state index contributed by atoms with van der Waals surface area (Å²) in [7, 11) is 1.85. The van der Waals surface area contributed by atoms with E-state index in [-0.39, 0.29) is 6.01 Å².